The van der Waals surface area contributed by atoms with Gasteiger partial charge in [-0.15, -0.1) is 0 Å². The molecule has 0 aromatic heterocycles. The van der Waals surface area contributed by atoms with Crippen molar-refractivity contribution >= 4 is 5.96 Å². The van der Waals surface area contributed by atoms with Crippen molar-refractivity contribution in [2.75, 3.05) is 32.9 Å². The largest absolute Gasteiger partial charge is 0.489 e. The van der Waals surface area contributed by atoms with Gasteiger partial charge in [-0.05, 0) is 44.6 Å². The molecule has 0 atom stereocenters. The number of para-hydroxylation sites is 1. The highest BCUT2D eigenvalue weighted by molar-refractivity contribution is 5.79. The van der Waals surface area contributed by atoms with E-state index in [-0.39, 0.29) is 0 Å². The summed E-state index contributed by atoms with van der Waals surface area (Å²) in [4.78, 5) is 4.74. The molecule has 2 rings (SSSR count). The number of aliphatic imine (C=N–C) groups is 1. The lowest BCUT2D eigenvalue weighted by Crippen LogP contribution is -2.40. The van der Waals surface area contributed by atoms with E-state index in [4.69, 9.17) is 14.5 Å². The summed E-state index contributed by atoms with van der Waals surface area (Å²) in [7, 11) is 0. The highest BCUT2D eigenvalue weighted by Crippen LogP contribution is 2.48. The monoisotopic (exact) mass is 359 g/mol. The summed E-state index contributed by atoms with van der Waals surface area (Å²) in [5.74, 6) is 1.72. The first-order chi connectivity index (χ1) is 12.7. The SMILES string of the molecule is C=CCOc1ccccc1CN=C(NCC)NCC1(CCOCC)CC1. The molecule has 0 radical (unpaired) electrons. The highest BCUT2D eigenvalue weighted by atomic mass is 16.5. The van der Waals surface area contributed by atoms with E-state index in [0.717, 1.165) is 50.0 Å². The molecule has 0 aliphatic heterocycles. The van der Waals surface area contributed by atoms with Crippen LogP contribution in [-0.2, 0) is 11.3 Å². The Morgan fingerprint density at radius 3 is 2.77 bits per heavy atom. The summed E-state index contributed by atoms with van der Waals surface area (Å²) in [6.07, 6.45) is 5.41. The second-order valence-corrected chi connectivity index (χ2v) is 6.70. The van der Waals surface area contributed by atoms with Crippen LogP contribution < -0.4 is 15.4 Å². The van der Waals surface area contributed by atoms with E-state index in [1.807, 2.05) is 25.1 Å². The molecule has 26 heavy (non-hydrogen) atoms. The van der Waals surface area contributed by atoms with Crippen molar-refractivity contribution in [3.05, 3.63) is 42.5 Å². The second-order valence-electron chi connectivity index (χ2n) is 6.70. The van der Waals surface area contributed by atoms with Gasteiger partial charge in [-0.2, -0.15) is 0 Å². The molecule has 5 nitrogen and oxygen atoms in total. The Labute approximate surface area is 157 Å². The van der Waals surface area contributed by atoms with E-state index >= 15 is 0 Å². The first kappa shape index (κ1) is 20.3. The Morgan fingerprint density at radius 1 is 1.27 bits per heavy atom. The van der Waals surface area contributed by atoms with Crippen LogP contribution in [0.1, 0.15) is 38.7 Å². The molecule has 1 saturated carbocycles. The molecular formula is C21H33N3O2. The minimum atomic E-state index is 0.385. The van der Waals surface area contributed by atoms with Gasteiger partial charge in [-0.3, -0.25) is 0 Å². The number of nitrogens with zero attached hydrogens (tertiary/aromatic N) is 1. The first-order valence-corrected chi connectivity index (χ1v) is 9.64. The molecule has 0 spiro atoms. The zero-order valence-electron chi connectivity index (χ0n) is 16.2. The first-order valence-electron chi connectivity index (χ1n) is 9.64. The van der Waals surface area contributed by atoms with Gasteiger partial charge in [0.1, 0.15) is 12.4 Å². The topological polar surface area (TPSA) is 54.9 Å². The van der Waals surface area contributed by atoms with Crippen molar-refractivity contribution in [1.29, 1.82) is 0 Å². The van der Waals surface area contributed by atoms with Gasteiger partial charge >= 0.3 is 0 Å². The molecule has 1 aromatic rings. The van der Waals surface area contributed by atoms with Gasteiger partial charge in [-0.1, -0.05) is 30.9 Å². The van der Waals surface area contributed by atoms with Crippen molar-refractivity contribution in [2.45, 2.75) is 39.7 Å². The van der Waals surface area contributed by atoms with Gasteiger partial charge in [0, 0.05) is 31.9 Å². The molecule has 1 aliphatic rings. The molecule has 5 heteroatoms. The van der Waals surface area contributed by atoms with Gasteiger partial charge in [0.05, 0.1) is 6.54 Å². The van der Waals surface area contributed by atoms with Crippen LogP contribution in [-0.4, -0.2) is 38.9 Å². The number of rotatable bonds is 12. The van der Waals surface area contributed by atoms with E-state index in [9.17, 15) is 0 Å². The molecular weight excluding hydrogens is 326 g/mol. The fourth-order valence-corrected chi connectivity index (χ4v) is 2.83. The van der Waals surface area contributed by atoms with E-state index in [0.29, 0.717) is 18.6 Å². The molecule has 0 unspecified atom stereocenters. The second kappa shape index (κ2) is 10.9. The Bertz CT molecular complexity index is 582. The van der Waals surface area contributed by atoms with Crippen LogP contribution in [0, 0.1) is 5.41 Å². The van der Waals surface area contributed by atoms with Crippen LogP contribution in [0.25, 0.3) is 0 Å². The quantitative estimate of drug-likeness (QED) is 0.259. The number of hydrogen-bond acceptors (Lipinski definition) is 3. The van der Waals surface area contributed by atoms with E-state index < -0.39 is 0 Å². The Hall–Kier alpha value is -2.01. The van der Waals surface area contributed by atoms with Crippen LogP contribution in [0.5, 0.6) is 5.75 Å². The highest BCUT2D eigenvalue weighted by Gasteiger charge is 2.41. The summed E-state index contributed by atoms with van der Waals surface area (Å²) < 4.78 is 11.2. The van der Waals surface area contributed by atoms with Gasteiger partial charge in [-0.25, -0.2) is 4.99 Å². The minimum Gasteiger partial charge on any atom is -0.489 e. The maximum Gasteiger partial charge on any atom is 0.191 e. The molecule has 2 N–H and O–H groups in total. The fraction of sp³-hybridized carbons (Fsp3) is 0.571. The Balaban J connectivity index is 1.91. The van der Waals surface area contributed by atoms with Gasteiger partial charge in [0.15, 0.2) is 5.96 Å². The van der Waals surface area contributed by atoms with Crippen LogP contribution in [0.15, 0.2) is 41.9 Å². The molecule has 144 valence electrons. The predicted molar refractivity (Wildman–Crippen MR) is 108 cm³/mol. The molecule has 0 heterocycles. The number of ether oxygens (including phenoxy) is 2. The number of guanidine groups is 1. The Kier molecular flexibility index (Phi) is 8.48. The van der Waals surface area contributed by atoms with E-state index in [1.165, 1.54) is 12.8 Å². The third-order valence-electron chi connectivity index (χ3n) is 4.65. The number of hydrogen-bond donors (Lipinski definition) is 2. The molecule has 0 bridgehead atoms. The lowest BCUT2D eigenvalue weighted by atomic mass is 10.0. The molecule has 1 fully saturated rings. The zero-order valence-corrected chi connectivity index (χ0v) is 16.2. The van der Waals surface area contributed by atoms with Crippen molar-refractivity contribution in [1.82, 2.24) is 10.6 Å². The van der Waals surface area contributed by atoms with E-state index in [1.54, 1.807) is 6.08 Å². The summed E-state index contributed by atoms with van der Waals surface area (Å²) in [6, 6.07) is 8.01. The van der Waals surface area contributed by atoms with Crippen molar-refractivity contribution < 1.29 is 9.47 Å². The normalized spacial score (nSPS) is 15.4. The standard InChI is InChI=1S/C21H33N3O2/c1-4-14-26-19-10-8-7-9-18(19)16-23-20(22-5-2)24-17-21(11-12-21)13-15-25-6-3/h4,7-10H,1,5-6,11-17H2,2-3H3,(H2,22,23,24). The van der Waals surface area contributed by atoms with Gasteiger partial charge < -0.3 is 20.1 Å². The maximum atomic E-state index is 5.72. The zero-order chi connectivity index (χ0) is 18.7. The van der Waals surface area contributed by atoms with Crippen molar-refractivity contribution in [3.63, 3.8) is 0 Å². The van der Waals surface area contributed by atoms with Crippen LogP contribution in [0.4, 0.5) is 0 Å². The van der Waals surface area contributed by atoms with Crippen LogP contribution in [0.2, 0.25) is 0 Å². The molecule has 1 aliphatic carbocycles. The fourth-order valence-electron chi connectivity index (χ4n) is 2.83. The average Bonchev–Trinajstić information content (AvgIpc) is 3.43. The van der Waals surface area contributed by atoms with E-state index in [2.05, 4.69) is 30.2 Å². The molecule has 0 saturated heterocycles. The summed E-state index contributed by atoms with van der Waals surface area (Å²) in [6.45, 7) is 12.3. The number of benzene rings is 1. The lowest BCUT2D eigenvalue weighted by molar-refractivity contribution is 0.128. The predicted octanol–water partition coefficient (Wildman–Crippen LogP) is 3.51. The van der Waals surface area contributed by atoms with Crippen molar-refractivity contribution in [3.8, 4) is 5.75 Å². The van der Waals surface area contributed by atoms with Crippen LogP contribution >= 0.6 is 0 Å². The Morgan fingerprint density at radius 2 is 2.08 bits per heavy atom. The van der Waals surface area contributed by atoms with Crippen LogP contribution in [0.3, 0.4) is 0 Å². The average molecular weight is 360 g/mol. The minimum absolute atomic E-state index is 0.385. The third kappa shape index (κ3) is 6.71. The smallest absolute Gasteiger partial charge is 0.191 e. The maximum absolute atomic E-state index is 5.72. The van der Waals surface area contributed by atoms with Gasteiger partial charge in [0.25, 0.3) is 0 Å². The summed E-state index contributed by atoms with van der Waals surface area (Å²) in [5.41, 5.74) is 1.46. The third-order valence-corrected chi connectivity index (χ3v) is 4.65. The van der Waals surface area contributed by atoms with Crippen molar-refractivity contribution in [2.24, 2.45) is 10.4 Å². The number of nitrogens with one attached hydrogen (secondary N) is 2. The molecule has 0 amide bonds. The lowest BCUT2D eigenvalue weighted by Gasteiger charge is -2.18. The summed E-state index contributed by atoms with van der Waals surface area (Å²) >= 11 is 0. The molecule has 1 aromatic carbocycles. The van der Waals surface area contributed by atoms with Gasteiger partial charge in [0.2, 0.25) is 0 Å². The summed E-state index contributed by atoms with van der Waals surface area (Å²) in [5, 5.41) is 6.84.